The van der Waals surface area contributed by atoms with Gasteiger partial charge in [0, 0.05) is 11.1 Å². The van der Waals surface area contributed by atoms with Gasteiger partial charge in [0.1, 0.15) is 5.75 Å². The quantitative estimate of drug-likeness (QED) is 0.645. The second-order valence-electron chi connectivity index (χ2n) is 6.02. The van der Waals surface area contributed by atoms with E-state index in [2.05, 4.69) is 12.2 Å². The van der Waals surface area contributed by atoms with Crippen molar-refractivity contribution in [3.05, 3.63) is 72.3 Å². The summed E-state index contributed by atoms with van der Waals surface area (Å²) in [5.74, 6) is -0.404. The number of fused-ring (bicyclic) bond motifs is 1. The molecule has 1 amide bonds. The lowest BCUT2D eigenvalue weighted by atomic mass is 10.1. The van der Waals surface area contributed by atoms with Crippen LogP contribution in [0.3, 0.4) is 0 Å². The molecule has 0 radical (unpaired) electrons. The highest BCUT2D eigenvalue weighted by atomic mass is 16.6. The van der Waals surface area contributed by atoms with Crippen LogP contribution >= 0.6 is 0 Å². The Morgan fingerprint density at radius 2 is 1.63 bits per heavy atom. The molecule has 0 fully saturated rings. The second kappa shape index (κ2) is 8.85. The van der Waals surface area contributed by atoms with Gasteiger partial charge < -0.3 is 14.8 Å². The number of carbonyl (C=O) groups excluding carboxylic acids is 2. The molecule has 5 nitrogen and oxygen atoms in total. The lowest BCUT2D eigenvalue weighted by Gasteiger charge is -2.10. The van der Waals surface area contributed by atoms with E-state index in [9.17, 15) is 9.59 Å². The van der Waals surface area contributed by atoms with Crippen molar-refractivity contribution in [2.75, 3.05) is 18.5 Å². The molecule has 0 saturated heterocycles. The number of rotatable bonds is 7. The Morgan fingerprint density at radius 1 is 0.889 bits per heavy atom. The summed E-state index contributed by atoms with van der Waals surface area (Å²) in [6.45, 7) is 1.46. The first-order valence-corrected chi connectivity index (χ1v) is 8.80. The van der Waals surface area contributed by atoms with E-state index < -0.39 is 11.9 Å². The monoisotopic (exact) mass is 363 g/mol. The van der Waals surface area contributed by atoms with E-state index in [4.69, 9.17) is 9.47 Å². The maximum atomic E-state index is 12.1. The summed E-state index contributed by atoms with van der Waals surface area (Å²) in [4.78, 5) is 23.9. The summed E-state index contributed by atoms with van der Waals surface area (Å²) in [6, 6.07) is 20.9. The van der Waals surface area contributed by atoms with Crippen LogP contribution in [0.4, 0.5) is 5.69 Å². The molecule has 3 aromatic carbocycles. The Morgan fingerprint density at radius 3 is 2.41 bits per heavy atom. The SMILES string of the molecule is CCc1ccc(OCC(=O)OCC(=O)Nc2cccc3ccccc23)cc1. The lowest BCUT2D eigenvalue weighted by molar-refractivity contribution is -0.149. The molecule has 0 aliphatic carbocycles. The fourth-order valence-corrected chi connectivity index (χ4v) is 2.67. The number of aryl methyl sites for hydroxylation is 1. The van der Waals surface area contributed by atoms with Crippen molar-refractivity contribution in [1.82, 2.24) is 0 Å². The molecule has 0 unspecified atom stereocenters. The molecule has 0 aliphatic heterocycles. The highest BCUT2D eigenvalue weighted by Gasteiger charge is 2.10. The summed E-state index contributed by atoms with van der Waals surface area (Å²) in [5.41, 5.74) is 1.87. The van der Waals surface area contributed by atoms with Crippen LogP contribution in [0, 0.1) is 0 Å². The standard InChI is InChI=1S/C22H21NO4/c1-2-16-10-12-18(13-11-16)26-15-22(25)27-14-21(24)23-20-9-5-7-17-6-3-4-8-19(17)20/h3-13H,2,14-15H2,1H3,(H,23,24). The normalized spacial score (nSPS) is 10.4. The van der Waals surface area contributed by atoms with E-state index in [-0.39, 0.29) is 13.2 Å². The van der Waals surface area contributed by atoms with Crippen molar-refractivity contribution in [2.24, 2.45) is 0 Å². The van der Waals surface area contributed by atoms with Gasteiger partial charge in [-0.05, 0) is 35.6 Å². The molecule has 3 rings (SSSR count). The molecule has 3 aromatic rings. The molecule has 27 heavy (non-hydrogen) atoms. The van der Waals surface area contributed by atoms with Crippen LogP contribution in [-0.2, 0) is 20.7 Å². The van der Waals surface area contributed by atoms with Crippen LogP contribution < -0.4 is 10.1 Å². The molecular weight excluding hydrogens is 342 g/mol. The molecule has 0 atom stereocenters. The highest BCUT2D eigenvalue weighted by Crippen LogP contribution is 2.22. The molecule has 0 aliphatic rings. The fraction of sp³-hybridized carbons (Fsp3) is 0.182. The maximum absolute atomic E-state index is 12.1. The zero-order valence-corrected chi connectivity index (χ0v) is 15.1. The van der Waals surface area contributed by atoms with Crippen molar-refractivity contribution in [1.29, 1.82) is 0 Å². The topological polar surface area (TPSA) is 64.6 Å². The first kappa shape index (κ1) is 18.5. The van der Waals surface area contributed by atoms with E-state index in [1.807, 2.05) is 54.6 Å². The summed E-state index contributed by atoms with van der Waals surface area (Å²) in [5, 5.41) is 4.72. The molecule has 0 saturated carbocycles. The van der Waals surface area contributed by atoms with Crippen molar-refractivity contribution in [3.8, 4) is 5.75 Å². The zero-order chi connectivity index (χ0) is 19.1. The number of anilines is 1. The highest BCUT2D eigenvalue weighted by molar-refractivity contribution is 6.02. The Kier molecular flexibility index (Phi) is 6.05. The van der Waals surface area contributed by atoms with E-state index in [0.29, 0.717) is 11.4 Å². The van der Waals surface area contributed by atoms with Crippen LogP contribution in [-0.4, -0.2) is 25.1 Å². The molecule has 0 aromatic heterocycles. The van der Waals surface area contributed by atoms with E-state index in [1.54, 1.807) is 12.1 Å². The number of ether oxygens (including phenoxy) is 2. The predicted molar refractivity (Wildman–Crippen MR) is 105 cm³/mol. The molecule has 0 bridgehead atoms. The van der Waals surface area contributed by atoms with Gasteiger partial charge in [0.05, 0.1) is 0 Å². The number of amides is 1. The number of hydrogen-bond donors (Lipinski definition) is 1. The number of nitrogens with one attached hydrogen (secondary N) is 1. The molecule has 1 N–H and O–H groups in total. The van der Waals surface area contributed by atoms with Gasteiger partial charge in [-0.1, -0.05) is 55.5 Å². The maximum Gasteiger partial charge on any atom is 0.344 e. The average molecular weight is 363 g/mol. The third-order valence-corrected chi connectivity index (χ3v) is 4.12. The Bertz CT molecular complexity index is 929. The van der Waals surface area contributed by atoms with Gasteiger partial charge in [0.2, 0.25) is 0 Å². The van der Waals surface area contributed by atoms with Gasteiger partial charge in [-0.3, -0.25) is 4.79 Å². The Hall–Kier alpha value is -3.34. The first-order valence-electron chi connectivity index (χ1n) is 8.80. The molecule has 0 heterocycles. The largest absolute Gasteiger partial charge is 0.482 e. The summed E-state index contributed by atoms with van der Waals surface area (Å²) >= 11 is 0. The Balaban J connectivity index is 1.47. The van der Waals surface area contributed by atoms with Crippen molar-refractivity contribution in [2.45, 2.75) is 13.3 Å². The van der Waals surface area contributed by atoms with Crippen LogP contribution in [0.25, 0.3) is 10.8 Å². The molecule has 138 valence electrons. The van der Waals surface area contributed by atoms with Crippen LogP contribution in [0.15, 0.2) is 66.7 Å². The Labute approximate surface area is 157 Å². The van der Waals surface area contributed by atoms with Gasteiger partial charge in [0.15, 0.2) is 13.2 Å². The summed E-state index contributed by atoms with van der Waals surface area (Å²) in [6.07, 6.45) is 0.939. The second-order valence-corrected chi connectivity index (χ2v) is 6.02. The van der Waals surface area contributed by atoms with E-state index in [1.165, 1.54) is 5.56 Å². The molecular formula is C22H21NO4. The average Bonchev–Trinajstić information content (AvgIpc) is 2.71. The number of hydrogen-bond acceptors (Lipinski definition) is 4. The van der Waals surface area contributed by atoms with Crippen LogP contribution in [0.2, 0.25) is 0 Å². The van der Waals surface area contributed by atoms with E-state index >= 15 is 0 Å². The minimum Gasteiger partial charge on any atom is -0.482 e. The lowest BCUT2D eigenvalue weighted by Crippen LogP contribution is -2.23. The fourth-order valence-electron chi connectivity index (χ4n) is 2.67. The minimum absolute atomic E-state index is 0.243. The predicted octanol–water partition coefficient (Wildman–Crippen LogP) is 3.96. The number of esters is 1. The van der Waals surface area contributed by atoms with Crippen molar-refractivity contribution >= 4 is 28.3 Å². The first-order chi connectivity index (χ1) is 13.2. The third kappa shape index (κ3) is 5.07. The zero-order valence-electron chi connectivity index (χ0n) is 15.1. The molecule has 0 spiro atoms. The van der Waals surface area contributed by atoms with Gasteiger partial charge in [-0.15, -0.1) is 0 Å². The van der Waals surface area contributed by atoms with Crippen LogP contribution in [0.1, 0.15) is 12.5 Å². The molecule has 5 heteroatoms. The minimum atomic E-state index is -0.595. The van der Waals surface area contributed by atoms with Gasteiger partial charge in [0.25, 0.3) is 5.91 Å². The summed E-state index contributed by atoms with van der Waals surface area (Å²) < 4.78 is 10.3. The van der Waals surface area contributed by atoms with Crippen molar-refractivity contribution < 1.29 is 19.1 Å². The number of benzene rings is 3. The van der Waals surface area contributed by atoms with Gasteiger partial charge in [-0.25, -0.2) is 4.79 Å². The van der Waals surface area contributed by atoms with Crippen LogP contribution in [0.5, 0.6) is 5.75 Å². The summed E-state index contributed by atoms with van der Waals surface area (Å²) in [7, 11) is 0. The van der Waals surface area contributed by atoms with E-state index in [0.717, 1.165) is 17.2 Å². The smallest absolute Gasteiger partial charge is 0.344 e. The van der Waals surface area contributed by atoms with Gasteiger partial charge >= 0.3 is 5.97 Å². The number of carbonyl (C=O) groups is 2. The van der Waals surface area contributed by atoms with Crippen molar-refractivity contribution in [3.63, 3.8) is 0 Å². The third-order valence-electron chi connectivity index (χ3n) is 4.12. The van der Waals surface area contributed by atoms with Gasteiger partial charge in [-0.2, -0.15) is 0 Å².